The van der Waals surface area contributed by atoms with Crippen LogP contribution < -0.4 is 5.73 Å². The van der Waals surface area contributed by atoms with Gasteiger partial charge in [-0.05, 0) is 30.4 Å². The lowest BCUT2D eigenvalue weighted by atomic mass is 10.2. The van der Waals surface area contributed by atoms with Gasteiger partial charge < -0.3 is 5.73 Å². The zero-order valence-electron chi connectivity index (χ0n) is 5.75. The first-order chi connectivity index (χ1) is 4.86. The van der Waals surface area contributed by atoms with Crippen LogP contribution in [0.2, 0.25) is 0 Å². The van der Waals surface area contributed by atoms with Gasteiger partial charge in [0.15, 0.2) is 0 Å². The molecule has 1 aromatic heterocycles. The Kier molecular flexibility index (Phi) is 1.13. The molecule has 2 rings (SSSR count). The first kappa shape index (κ1) is 5.71. The molecule has 0 spiro atoms. The van der Waals surface area contributed by atoms with Crippen LogP contribution in [0.15, 0.2) is 18.3 Å². The quantitative estimate of drug-likeness (QED) is 0.632. The molecule has 2 heteroatoms. The van der Waals surface area contributed by atoms with Crippen molar-refractivity contribution in [2.45, 2.75) is 18.8 Å². The minimum atomic E-state index is 0.615. The molecule has 0 atom stereocenters. The zero-order valence-corrected chi connectivity index (χ0v) is 5.75. The Morgan fingerprint density at radius 1 is 1.40 bits per heavy atom. The molecule has 0 aliphatic heterocycles. The third kappa shape index (κ3) is 0.967. The van der Waals surface area contributed by atoms with Crippen LogP contribution in [0.4, 0.5) is 5.82 Å². The summed E-state index contributed by atoms with van der Waals surface area (Å²) >= 11 is 0. The molecule has 0 radical (unpaired) electrons. The van der Waals surface area contributed by atoms with E-state index in [9.17, 15) is 0 Å². The molecule has 0 saturated heterocycles. The van der Waals surface area contributed by atoms with Crippen molar-refractivity contribution in [3.05, 3.63) is 23.9 Å². The highest BCUT2D eigenvalue weighted by atomic mass is 14.8. The lowest BCUT2D eigenvalue weighted by Crippen LogP contribution is -1.89. The summed E-state index contributed by atoms with van der Waals surface area (Å²) in [6.07, 6.45) is 4.53. The molecule has 0 amide bonds. The molecule has 0 unspecified atom stereocenters. The van der Waals surface area contributed by atoms with Crippen LogP contribution in [0, 0.1) is 0 Å². The number of hydrogen-bond acceptors (Lipinski definition) is 2. The molecular weight excluding hydrogens is 124 g/mol. The summed E-state index contributed by atoms with van der Waals surface area (Å²) in [7, 11) is 0. The predicted octanol–water partition coefficient (Wildman–Crippen LogP) is 1.54. The highest BCUT2D eigenvalue weighted by Crippen LogP contribution is 2.39. The standard InChI is InChI=1S/C8H10N2/c9-8-4-3-7(5-10-8)6-1-2-6/h3-6H,1-2H2,(H2,9,10). The number of nitrogens with zero attached hydrogens (tertiary/aromatic N) is 1. The van der Waals surface area contributed by atoms with E-state index in [1.165, 1.54) is 18.4 Å². The Morgan fingerprint density at radius 3 is 2.70 bits per heavy atom. The van der Waals surface area contributed by atoms with Gasteiger partial charge in [-0.3, -0.25) is 0 Å². The summed E-state index contributed by atoms with van der Waals surface area (Å²) in [5.74, 6) is 1.40. The normalized spacial score (nSPS) is 17.2. The molecule has 1 aliphatic rings. The van der Waals surface area contributed by atoms with Crippen LogP contribution >= 0.6 is 0 Å². The van der Waals surface area contributed by atoms with Gasteiger partial charge in [-0.1, -0.05) is 6.07 Å². The molecule has 0 aromatic carbocycles. The van der Waals surface area contributed by atoms with E-state index in [4.69, 9.17) is 5.73 Å². The van der Waals surface area contributed by atoms with Gasteiger partial charge in [-0.2, -0.15) is 0 Å². The molecule has 1 heterocycles. The Balaban J connectivity index is 2.28. The fourth-order valence-electron chi connectivity index (χ4n) is 1.07. The van der Waals surface area contributed by atoms with Gasteiger partial charge in [0.1, 0.15) is 5.82 Å². The van der Waals surface area contributed by atoms with Crippen LogP contribution in [-0.4, -0.2) is 4.98 Å². The average Bonchev–Trinajstić information content (AvgIpc) is 2.71. The fourth-order valence-corrected chi connectivity index (χ4v) is 1.07. The van der Waals surface area contributed by atoms with Crippen molar-refractivity contribution in [3.8, 4) is 0 Å². The van der Waals surface area contributed by atoms with Crippen molar-refractivity contribution in [1.82, 2.24) is 4.98 Å². The number of hydrogen-bond donors (Lipinski definition) is 1. The fraction of sp³-hybridized carbons (Fsp3) is 0.375. The van der Waals surface area contributed by atoms with Gasteiger partial charge in [-0.25, -0.2) is 4.98 Å². The van der Waals surface area contributed by atoms with Crippen molar-refractivity contribution in [2.75, 3.05) is 5.73 Å². The number of pyridine rings is 1. The Morgan fingerprint density at radius 2 is 2.20 bits per heavy atom. The van der Waals surface area contributed by atoms with Crippen molar-refractivity contribution in [2.24, 2.45) is 0 Å². The predicted molar refractivity (Wildman–Crippen MR) is 40.6 cm³/mol. The van der Waals surface area contributed by atoms with Crippen LogP contribution in [-0.2, 0) is 0 Å². The van der Waals surface area contributed by atoms with Gasteiger partial charge in [0.25, 0.3) is 0 Å². The second-order valence-electron chi connectivity index (χ2n) is 2.79. The molecule has 2 nitrogen and oxygen atoms in total. The Hall–Kier alpha value is -1.05. The number of rotatable bonds is 1. The van der Waals surface area contributed by atoms with Gasteiger partial charge in [0.05, 0.1) is 0 Å². The first-order valence-electron chi connectivity index (χ1n) is 3.58. The smallest absolute Gasteiger partial charge is 0.123 e. The minimum Gasteiger partial charge on any atom is -0.384 e. The Labute approximate surface area is 60.1 Å². The van der Waals surface area contributed by atoms with E-state index < -0.39 is 0 Å². The minimum absolute atomic E-state index is 0.615. The molecule has 10 heavy (non-hydrogen) atoms. The summed E-state index contributed by atoms with van der Waals surface area (Å²) in [4.78, 5) is 4.02. The van der Waals surface area contributed by atoms with E-state index in [2.05, 4.69) is 11.1 Å². The monoisotopic (exact) mass is 134 g/mol. The van der Waals surface area contributed by atoms with Crippen LogP contribution in [0.1, 0.15) is 24.3 Å². The molecule has 1 aromatic rings. The van der Waals surface area contributed by atoms with E-state index in [1.54, 1.807) is 0 Å². The van der Waals surface area contributed by atoms with Crippen LogP contribution in [0.5, 0.6) is 0 Å². The summed E-state index contributed by atoms with van der Waals surface area (Å²) in [6, 6.07) is 3.94. The maximum atomic E-state index is 5.44. The molecule has 1 fully saturated rings. The molecule has 52 valence electrons. The van der Waals surface area contributed by atoms with E-state index in [0.29, 0.717) is 5.82 Å². The summed E-state index contributed by atoms with van der Waals surface area (Å²) in [5.41, 5.74) is 6.78. The van der Waals surface area contributed by atoms with E-state index in [1.807, 2.05) is 12.3 Å². The maximum Gasteiger partial charge on any atom is 0.123 e. The lowest BCUT2D eigenvalue weighted by Gasteiger charge is -1.95. The summed E-state index contributed by atoms with van der Waals surface area (Å²) in [6.45, 7) is 0. The van der Waals surface area contributed by atoms with E-state index in [0.717, 1.165) is 5.92 Å². The van der Waals surface area contributed by atoms with Crippen LogP contribution in [0.25, 0.3) is 0 Å². The second-order valence-corrected chi connectivity index (χ2v) is 2.79. The molecule has 1 aliphatic carbocycles. The van der Waals surface area contributed by atoms with Crippen molar-refractivity contribution >= 4 is 5.82 Å². The topological polar surface area (TPSA) is 38.9 Å². The molecule has 0 bridgehead atoms. The van der Waals surface area contributed by atoms with Crippen molar-refractivity contribution in [3.63, 3.8) is 0 Å². The highest BCUT2D eigenvalue weighted by Gasteiger charge is 2.23. The van der Waals surface area contributed by atoms with Crippen LogP contribution in [0.3, 0.4) is 0 Å². The third-order valence-corrected chi connectivity index (χ3v) is 1.86. The zero-order chi connectivity index (χ0) is 6.97. The summed E-state index contributed by atoms with van der Waals surface area (Å²) in [5, 5.41) is 0. The molecule has 1 saturated carbocycles. The number of aromatic nitrogens is 1. The number of nitrogens with two attached hydrogens (primary N) is 1. The second kappa shape index (κ2) is 1.97. The van der Waals surface area contributed by atoms with Gasteiger partial charge in [0, 0.05) is 6.20 Å². The number of nitrogen functional groups attached to an aromatic ring is 1. The largest absolute Gasteiger partial charge is 0.384 e. The molecule has 2 N–H and O–H groups in total. The lowest BCUT2D eigenvalue weighted by molar-refractivity contribution is 1.10. The van der Waals surface area contributed by atoms with E-state index in [-0.39, 0.29) is 0 Å². The number of anilines is 1. The SMILES string of the molecule is Nc1ccc(C2CC2)cn1. The van der Waals surface area contributed by atoms with Gasteiger partial charge in [-0.15, -0.1) is 0 Å². The van der Waals surface area contributed by atoms with Gasteiger partial charge >= 0.3 is 0 Å². The first-order valence-corrected chi connectivity index (χ1v) is 3.58. The van der Waals surface area contributed by atoms with Gasteiger partial charge in [0.2, 0.25) is 0 Å². The van der Waals surface area contributed by atoms with E-state index >= 15 is 0 Å². The highest BCUT2D eigenvalue weighted by molar-refractivity contribution is 5.32. The summed E-state index contributed by atoms with van der Waals surface area (Å²) < 4.78 is 0. The Bertz CT molecular complexity index is 224. The van der Waals surface area contributed by atoms with Crippen molar-refractivity contribution < 1.29 is 0 Å². The maximum absolute atomic E-state index is 5.44. The average molecular weight is 134 g/mol. The third-order valence-electron chi connectivity index (χ3n) is 1.86. The molecular formula is C8H10N2. The van der Waals surface area contributed by atoms with Crippen molar-refractivity contribution in [1.29, 1.82) is 0 Å².